The summed E-state index contributed by atoms with van der Waals surface area (Å²) >= 11 is 7.75. The van der Waals surface area contributed by atoms with Crippen molar-refractivity contribution in [3.8, 4) is 21.8 Å². The minimum Gasteiger partial charge on any atom is -0.326 e. The molecule has 1 amide bonds. The lowest BCUT2D eigenvalue weighted by atomic mass is 10.1. The Morgan fingerprint density at radius 3 is 2.50 bits per heavy atom. The fourth-order valence-electron chi connectivity index (χ4n) is 2.90. The van der Waals surface area contributed by atoms with E-state index in [1.165, 1.54) is 0 Å². The molecule has 0 fully saturated rings. The first-order chi connectivity index (χ1) is 13.7. The van der Waals surface area contributed by atoms with Gasteiger partial charge in [0, 0.05) is 27.2 Å². The van der Waals surface area contributed by atoms with E-state index >= 15 is 0 Å². The smallest absolute Gasteiger partial charge is 0.228 e. The van der Waals surface area contributed by atoms with Crippen molar-refractivity contribution in [2.75, 3.05) is 5.32 Å². The van der Waals surface area contributed by atoms with Gasteiger partial charge >= 0.3 is 0 Å². The van der Waals surface area contributed by atoms with E-state index in [1.54, 1.807) is 17.4 Å². The highest BCUT2D eigenvalue weighted by Crippen LogP contribution is 2.30. The van der Waals surface area contributed by atoms with Gasteiger partial charge in [0.25, 0.3) is 0 Å². The van der Waals surface area contributed by atoms with Crippen LogP contribution in [0.1, 0.15) is 5.56 Å². The molecule has 4 rings (SSSR count). The van der Waals surface area contributed by atoms with Gasteiger partial charge in [-0.15, -0.1) is 11.3 Å². The van der Waals surface area contributed by atoms with Gasteiger partial charge in [0.05, 0.1) is 12.1 Å². The van der Waals surface area contributed by atoms with Gasteiger partial charge < -0.3 is 5.32 Å². The number of nitrogens with one attached hydrogen (secondary N) is 1. The Kier molecular flexibility index (Phi) is 5.51. The first-order valence-electron chi connectivity index (χ1n) is 8.84. The van der Waals surface area contributed by atoms with Crippen LogP contribution in [0.2, 0.25) is 5.02 Å². The molecule has 0 aliphatic rings. The molecule has 0 atom stereocenters. The van der Waals surface area contributed by atoms with Crippen molar-refractivity contribution in [1.29, 1.82) is 0 Å². The number of thiazole rings is 1. The molecule has 28 heavy (non-hydrogen) atoms. The number of nitrogens with zero attached hydrogens (tertiary/aromatic N) is 1. The normalized spacial score (nSPS) is 10.6. The summed E-state index contributed by atoms with van der Waals surface area (Å²) in [5.41, 5.74) is 4.51. The van der Waals surface area contributed by atoms with Crippen molar-refractivity contribution >= 4 is 34.5 Å². The van der Waals surface area contributed by atoms with Crippen LogP contribution in [0.5, 0.6) is 0 Å². The van der Waals surface area contributed by atoms with Crippen LogP contribution in [0.25, 0.3) is 21.8 Å². The number of carbonyl (C=O) groups excluding carboxylic acids is 1. The lowest BCUT2D eigenvalue weighted by Crippen LogP contribution is -2.14. The first kappa shape index (κ1) is 18.4. The Morgan fingerprint density at radius 2 is 1.68 bits per heavy atom. The maximum absolute atomic E-state index is 12.4. The molecule has 1 aromatic heterocycles. The topological polar surface area (TPSA) is 42.0 Å². The van der Waals surface area contributed by atoms with E-state index in [9.17, 15) is 4.79 Å². The highest BCUT2D eigenvalue weighted by Gasteiger charge is 2.10. The number of aromatic nitrogens is 1. The molecule has 3 aromatic carbocycles. The number of rotatable bonds is 5. The summed E-state index contributed by atoms with van der Waals surface area (Å²) < 4.78 is 0. The SMILES string of the molecule is O=C(Cc1ccccc1Cl)Nc1cccc(-c2csc(-c3ccccc3)n2)c1. The van der Waals surface area contributed by atoms with Crippen molar-refractivity contribution in [3.05, 3.63) is 94.8 Å². The van der Waals surface area contributed by atoms with Crippen molar-refractivity contribution in [3.63, 3.8) is 0 Å². The summed E-state index contributed by atoms with van der Waals surface area (Å²) in [6.07, 6.45) is 0.235. The average molecular weight is 405 g/mol. The van der Waals surface area contributed by atoms with E-state index in [0.717, 1.165) is 33.1 Å². The Bertz CT molecular complexity index is 1110. The van der Waals surface area contributed by atoms with Crippen LogP contribution in [0.3, 0.4) is 0 Å². The Labute approximate surface area is 172 Å². The quantitative estimate of drug-likeness (QED) is 0.423. The van der Waals surface area contributed by atoms with Gasteiger partial charge in [0.2, 0.25) is 5.91 Å². The maximum Gasteiger partial charge on any atom is 0.228 e. The third-order valence-electron chi connectivity index (χ3n) is 4.28. The van der Waals surface area contributed by atoms with Gasteiger partial charge in [-0.1, -0.05) is 72.3 Å². The average Bonchev–Trinajstić information content (AvgIpc) is 3.21. The Balaban J connectivity index is 1.50. The zero-order valence-electron chi connectivity index (χ0n) is 14.9. The zero-order valence-corrected chi connectivity index (χ0v) is 16.5. The van der Waals surface area contributed by atoms with Gasteiger partial charge in [-0.25, -0.2) is 4.98 Å². The lowest BCUT2D eigenvalue weighted by Gasteiger charge is -2.08. The third-order valence-corrected chi connectivity index (χ3v) is 5.54. The second-order valence-corrected chi connectivity index (χ2v) is 7.57. The number of halogens is 1. The van der Waals surface area contributed by atoms with E-state index in [0.29, 0.717) is 5.02 Å². The molecule has 5 heteroatoms. The van der Waals surface area contributed by atoms with Gasteiger partial charge in [-0.2, -0.15) is 0 Å². The van der Waals surface area contributed by atoms with Gasteiger partial charge in [-0.3, -0.25) is 4.79 Å². The summed E-state index contributed by atoms with van der Waals surface area (Å²) in [5, 5.41) is 6.55. The summed E-state index contributed by atoms with van der Waals surface area (Å²) in [7, 11) is 0. The molecule has 0 aliphatic heterocycles. The summed E-state index contributed by atoms with van der Waals surface area (Å²) in [5.74, 6) is -0.103. The Morgan fingerprint density at radius 1 is 0.929 bits per heavy atom. The van der Waals surface area contributed by atoms with Crippen LogP contribution >= 0.6 is 22.9 Å². The summed E-state index contributed by atoms with van der Waals surface area (Å²) in [4.78, 5) is 17.1. The standard InChI is InChI=1S/C23H17ClN2OS/c24-20-12-5-4-9-17(20)14-22(27)25-19-11-6-10-18(13-19)21-15-28-23(26-21)16-7-2-1-3-8-16/h1-13,15H,14H2,(H,25,27). The highest BCUT2D eigenvalue weighted by atomic mass is 35.5. The Hall–Kier alpha value is -2.95. The molecule has 0 bridgehead atoms. The van der Waals surface area contributed by atoms with Gasteiger partial charge in [0.15, 0.2) is 0 Å². The van der Waals surface area contributed by atoms with Crippen molar-refractivity contribution < 1.29 is 4.79 Å². The molecule has 4 aromatic rings. The minimum atomic E-state index is -0.103. The molecule has 0 aliphatic carbocycles. The van der Waals surface area contributed by atoms with Crippen LogP contribution in [-0.4, -0.2) is 10.9 Å². The molecule has 0 saturated carbocycles. The van der Waals surface area contributed by atoms with E-state index in [1.807, 2.05) is 78.2 Å². The number of amides is 1. The molecular formula is C23H17ClN2OS. The van der Waals surface area contributed by atoms with E-state index < -0.39 is 0 Å². The van der Waals surface area contributed by atoms with Crippen molar-refractivity contribution in [1.82, 2.24) is 4.98 Å². The van der Waals surface area contributed by atoms with E-state index in [-0.39, 0.29) is 12.3 Å². The van der Waals surface area contributed by atoms with Crippen LogP contribution in [0.4, 0.5) is 5.69 Å². The molecule has 0 unspecified atom stereocenters. The molecule has 0 spiro atoms. The van der Waals surface area contributed by atoms with E-state index in [4.69, 9.17) is 16.6 Å². The molecule has 1 N–H and O–H groups in total. The number of hydrogen-bond acceptors (Lipinski definition) is 3. The number of anilines is 1. The fourth-order valence-corrected chi connectivity index (χ4v) is 3.93. The third kappa shape index (κ3) is 4.30. The first-order valence-corrected chi connectivity index (χ1v) is 10.1. The number of hydrogen-bond donors (Lipinski definition) is 1. The zero-order chi connectivity index (χ0) is 19.3. The predicted octanol–water partition coefficient (Wildman–Crippen LogP) is 6.31. The summed E-state index contributed by atoms with van der Waals surface area (Å²) in [6.45, 7) is 0. The molecule has 1 heterocycles. The van der Waals surface area contributed by atoms with Crippen LogP contribution in [-0.2, 0) is 11.2 Å². The predicted molar refractivity (Wildman–Crippen MR) is 117 cm³/mol. The fraction of sp³-hybridized carbons (Fsp3) is 0.0435. The second kappa shape index (κ2) is 8.38. The molecule has 3 nitrogen and oxygen atoms in total. The minimum absolute atomic E-state index is 0.103. The maximum atomic E-state index is 12.4. The molecule has 138 valence electrons. The van der Waals surface area contributed by atoms with Gasteiger partial charge in [0.1, 0.15) is 5.01 Å². The van der Waals surface area contributed by atoms with Crippen molar-refractivity contribution in [2.45, 2.75) is 6.42 Å². The van der Waals surface area contributed by atoms with Crippen LogP contribution in [0.15, 0.2) is 84.2 Å². The molecular weight excluding hydrogens is 388 g/mol. The second-order valence-electron chi connectivity index (χ2n) is 6.30. The summed E-state index contributed by atoms with van der Waals surface area (Å²) in [6, 6.07) is 25.2. The van der Waals surface area contributed by atoms with Crippen molar-refractivity contribution in [2.24, 2.45) is 0 Å². The monoisotopic (exact) mass is 404 g/mol. The highest BCUT2D eigenvalue weighted by molar-refractivity contribution is 7.13. The van der Waals surface area contributed by atoms with Crippen LogP contribution in [0, 0.1) is 0 Å². The largest absolute Gasteiger partial charge is 0.326 e. The molecule has 0 radical (unpaired) electrons. The van der Waals surface area contributed by atoms with Gasteiger partial charge in [-0.05, 0) is 23.8 Å². The van der Waals surface area contributed by atoms with Crippen LogP contribution < -0.4 is 5.32 Å². The number of carbonyl (C=O) groups is 1. The number of benzene rings is 3. The molecule has 0 saturated heterocycles. The van der Waals surface area contributed by atoms with E-state index in [2.05, 4.69) is 5.32 Å². The lowest BCUT2D eigenvalue weighted by molar-refractivity contribution is -0.115.